The molecule has 2 aromatic rings. The SMILES string of the molecule is COC(=O)CN1C(=O)N/C(=C/c2ccc(OCC(=O)Nc3ccc(C)cc3)c(Br)c2)C1=O. The molecule has 0 unspecified atom stereocenters. The summed E-state index contributed by atoms with van der Waals surface area (Å²) in [5.74, 6) is -1.22. The number of carbonyl (C=O) groups is 4. The number of amides is 4. The van der Waals surface area contributed by atoms with Gasteiger partial charge in [0.15, 0.2) is 6.61 Å². The lowest BCUT2D eigenvalue weighted by molar-refractivity contribution is -0.143. The number of esters is 1. The van der Waals surface area contributed by atoms with E-state index in [0.29, 0.717) is 21.5 Å². The van der Waals surface area contributed by atoms with Crippen LogP contribution in [0.1, 0.15) is 11.1 Å². The first-order valence-corrected chi connectivity index (χ1v) is 10.3. The Morgan fingerprint density at radius 1 is 1.16 bits per heavy atom. The summed E-state index contributed by atoms with van der Waals surface area (Å²) in [6.07, 6.45) is 1.47. The number of anilines is 1. The highest BCUT2D eigenvalue weighted by Gasteiger charge is 2.35. The van der Waals surface area contributed by atoms with E-state index in [1.165, 1.54) is 13.2 Å². The molecule has 4 amide bonds. The fourth-order valence-corrected chi connectivity index (χ4v) is 3.29. The molecule has 1 heterocycles. The lowest BCUT2D eigenvalue weighted by Crippen LogP contribution is -2.36. The monoisotopic (exact) mass is 501 g/mol. The van der Waals surface area contributed by atoms with Crippen LogP contribution in [0.15, 0.2) is 52.6 Å². The Balaban J connectivity index is 1.62. The molecule has 0 bridgehead atoms. The Bertz CT molecular complexity index is 1100. The number of hydrogen-bond donors (Lipinski definition) is 2. The van der Waals surface area contributed by atoms with Crippen LogP contribution in [-0.4, -0.2) is 49.0 Å². The van der Waals surface area contributed by atoms with Crippen molar-refractivity contribution in [2.24, 2.45) is 0 Å². The number of hydrogen-bond acceptors (Lipinski definition) is 6. The maximum absolute atomic E-state index is 12.4. The lowest BCUT2D eigenvalue weighted by atomic mass is 10.2. The van der Waals surface area contributed by atoms with Crippen LogP contribution < -0.4 is 15.4 Å². The summed E-state index contributed by atoms with van der Waals surface area (Å²) in [4.78, 5) is 48.5. The largest absolute Gasteiger partial charge is 0.483 e. The quantitative estimate of drug-likeness (QED) is 0.342. The van der Waals surface area contributed by atoms with Crippen molar-refractivity contribution in [3.05, 3.63) is 63.8 Å². The van der Waals surface area contributed by atoms with Crippen molar-refractivity contribution in [3.63, 3.8) is 0 Å². The minimum absolute atomic E-state index is 0.0250. The van der Waals surface area contributed by atoms with Crippen LogP contribution in [0.2, 0.25) is 0 Å². The van der Waals surface area contributed by atoms with Gasteiger partial charge in [-0.15, -0.1) is 0 Å². The van der Waals surface area contributed by atoms with Crippen LogP contribution in [-0.2, 0) is 19.1 Å². The predicted molar refractivity (Wildman–Crippen MR) is 120 cm³/mol. The van der Waals surface area contributed by atoms with Crippen molar-refractivity contribution in [2.45, 2.75) is 6.92 Å². The summed E-state index contributed by atoms with van der Waals surface area (Å²) < 4.78 is 10.6. The van der Waals surface area contributed by atoms with Crippen molar-refractivity contribution in [3.8, 4) is 5.75 Å². The van der Waals surface area contributed by atoms with E-state index in [9.17, 15) is 19.2 Å². The third kappa shape index (κ3) is 5.73. The van der Waals surface area contributed by atoms with Gasteiger partial charge in [-0.2, -0.15) is 0 Å². The van der Waals surface area contributed by atoms with Crippen LogP contribution >= 0.6 is 15.9 Å². The Hall–Kier alpha value is -3.66. The minimum Gasteiger partial charge on any atom is -0.483 e. The maximum atomic E-state index is 12.4. The maximum Gasteiger partial charge on any atom is 0.329 e. The zero-order valence-electron chi connectivity index (χ0n) is 17.3. The van der Waals surface area contributed by atoms with Crippen LogP contribution in [0.4, 0.5) is 10.5 Å². The van der Waals surface area contributed by atoms with E-state index in [-0.39, 0.29) is 18.2 Å². The second-order valence-electron chi connectivity index (χ2n) is 6.85. The molecule has 9 nitrogen and oxygen atoms in total. The fourth-order valence-electron chi connectivity index (χ4n) is 2.78. The van der Waals surface area contributed by atoms with Crippen LogP contribution in [0, 0.1) is 6.92 Å². The van der Waals surface area contributed by atoms with Gasteiger partial charge in [-0.05, 0) is 58.8 Å². The number of methoxy groups -OCH3 is 1. The molecule has 1 aliphatic heterocycles. The molecule has 166 valence electrons. The zero-order chi connectivity index (χ0) is 23.3. The summed E-state index contributed by atoms with van der Waals surface area (Å²) in [5, 5.41) is 5.17. The van der Waals surface area contributed by atoms with Crippen molar-refractivity contribution in [1.29, 1.82) is 0 Å². The molecular formula is C22H20BrN3O6. The van der Waals surface area contributed by atoms with E-state index < -0.39 is 24.5 Å². The third-order valence-electron chi connectivity index (χ3n) is 4.44. The number of ether oxygens (including phenoxy) is 2. The molecule has 1 saturated heterocycles. The molecule has 0 aliphatic carbocycles. The normalized spacial score (nSPS) is 14.3. The number of halogens is 1. The van der Waals surface area contributed by atoms with E-state index in [4.69, 9.17) is 4.74 Å². The van der Waals surface area contributed by atoms with Gasteiger partial charge in [0, 0.05) is 5.69 Å². The third-order valence-corrected chi connectivity index (χ3v) is 5.06. The average Bonchev–Trinajstić information content (AvgIpc) is 3.02. The number of carbonyl (C=O) groups excluding carboxylic acids is 4. The van der Waals surface area contributed by atoms with Gasteiger partial charge >= 0.3 is 12.0 Å². The summed E-state index contributed by atoms with van der Waals surface area (Å²) in [7, 11) is 1.17. The van der Waals surface area contributed by atoms with Gasteiger partial charge in [-0.1, -0.05) is 23.8 Å². The highest BCUT2D eigenvalue weighted by atomic mass is 79.9. The molecule has 0 radical (unpaired) electrons. The topological polar surface area (TPSA) is 114 Å². The van der Waals surface area contributed by atoms with Crippen molar-refractivity contribution in [2.75, 3.05) is 25.6 Å². The lowest BCUT2D eigenvalue weighted by Gasteiger charge is -2.10. The smallest absolute Gasteiger partial charge is 0.329 e. The summed E-state index contributed by atoms with van der Waals surface area (Å²) in [6, 6.07) is 11.7. The van der Waals surface area contributed by atoms with Crippen LogP contribution in [0.5, 0.6) is 5.75 Å². The van der Waals surface area contributed by atoms with E-state index in [2.05, 4.69) is 31.3 Å². The molecular weight excluding hydrogens is 482 g/mol. The van der Waals surface area contributed by atoms with Crippen LogP contribution in [0.3, 0.4) is 0 Å². The van der Waals surface area contributed by atoms with Gasteiger partial charge in [0.25, 0.3) is 11.8 Å². The van der Waals surface area contributed by atoms with E-state index in [1.807, 2.05) is 19.1 Å². The molecule has 0 saturated carbocycles. The first-order valence-electron chi connectivity index (χ1n) is 9.47. The van der Waals surface area contributed by atoms with E-state index >= 15 is 0 Å². The second kappa shape index (κ2) is 10.1. The Kier molecular flexibility index (Phi) is 7.26. The first-order chi connectivity index (χ1) is 15.3. The van der Waals surface area contributed by atoms with Crippen LogP contribution in [0.25, 0.3) is 6.08 Å². The highest BCUT2D eigenvalue weighted by molar-refractivity contribution is 9.10. The summed E-state index contributed by atoms with van der Waals surface area (Å²) >= 11 is 3.37. The van der Waals surface area contributed by atoms with E-state index in [1.54, 1.807) is 30.3 Å². The molecule has 1 aliphatic rings. The number of nitrogens with zero attached hydrogens (tertiary/aromatic N) is 1. The van der Waals surface area contributed by atoms with Gasteiger partial charge in [-0.25, -0.2) is 9.69 Å². The predicted octanol–water partition coefficient (Wildman–Crippen LogP) is 2.84. The first kappa shape index (κ1) is 23.0. The minimum atomic E-state index is -0.703. The van der Waals surface area contributed by atoms with Crippen molar-refractivity contribution >= 4 is 51.5 Å². The van der Waals surface area contributed by atoms with Gasteiger partial charge in [0.1, 0.15) is 18.0 Å². The van der Waals surface area contributed by atoms with Crippen molar-refractivity contribution in [1.82, 2.24) is 10.2 Å². The number of rotatable bonds is 7. The number of nitrogens with one attached hydrogen (secondary N) is 2. The Morgan fingerprint density at radius 3 is 2.53 bits per heavy atom. The molecule has 1 fully saturated rings. The number of urea groups is 1. The van der Waals surface area contributed by atoms with Gasteiger partial charge in [0.2, 0.25) is 0 Å². The number of benzene rings is 2. The van der Waals surface area contributed by atoms with Gasteiger partial charge < -0.3 is 20.1 Å². The molecule has 32 heavy (non-hydrogen) atoms. The number of aryl methyl sites for hydroxylation is 1. The molecule has 3 rings (SSSR count). The molecule has 0 atom stereocenters. The van der Waals surface area contributed by atoms with Crippen molar-refractivity contribution < 1.29 is 28.7 Å². The second-order valence-corrected chi connectivity index (χ2v) is 7.70. The molecule has 2 aromatic carbocycles. The Morgan fingerprint density at radius 2 is 1.88 bits per heavy atom. The van der Waals surface area contributed by atoms with Gasteiger partial charge in [-0.3, -0.25) is 14.4 Å². The number of imide groups is 1. The Labute approximate surface area is 192 Å². The standard InChI is InChI=1S/C22H20BrN3O6/c1-13-3-6-15(7-4-13)24-19(27)12-32-18-8-5-14(9-16(18)23)10-17-21(29)26(22(30)25-17)11-20(28)31-2/h3-10H,11-12H2,1-2H3,(H,24,27)(H,25,30)/b17-10+. The molecule has 10 heteroatoms. The van der Waals surface area contributed by atoms with Gasteiger partial charge in [0.05, 0.1) is 11.6 Å². The summed E-state index contributed by atoms with van der Waals surface area (Å²) in [6.45, 7) is 1.30. The summed E-state index contributed by atoms with van der Waals surface area (Å²) in [5.41, 5.74) is 2.39. The molecule has 0 spiro atoms. The average molecular weight is 502 g/mol. The molecule has 2 N–H and O–H groups in total. The highest BCUT2D eigenvalue weighted by Crippen LogP contribution is 2.27. The van der Waals surface area contributed by atoms with E-state index in [0.717, 1.165) is 10.5 Å². The fraction of sp³-hybridized carbons (Fsp3) is 0.182. The molecule has 0 aromatic heterocycles. The zero-order valence-corrected chi connectivity index (χ0v) is 18.9.